The first-order chi connectivity index (χ1) is 12.2. The van der Waals surface area contributed by atoms with E-state index in [4.69, 9.17) is 9.25 Å². The third-order valence-electron chi connectivity index (χ3n) is 4.36. The summed E-state index contributed by atoms with van der Waals surface area (Å²) in [6.07, 6.45) is 2.58. The number of aromatic nitrogens is 1. The molecule has 1 saturated heterocycles. The molecule has 1 atom stereocenters. The minimum Gasteiger partial charge on any atom is -0.467 e. The Morgan fingerprint density at radius 2 is 2.36 bits per heavy atom. The maximum atomic E-state index is 12.4. The summed E-state index contributed by atoms with van der Waals surface area (Å²) in [6.45, 7) is 1.27. The van der Waals surface area contributed by atoms with Crippen LogP contribution in [0.15, 0.2) is 38.9 Å². The first-order valence-electron chi connectivity index (χ1n) is 7.88. The monoisotopic (exact) mass is 360 g/mol. The molecule has 9 heteroatoms. The molecule has 4 heterocycles. The van der Waals surface area contributed by atoms with Gasteiger partial charge < -0.3 is 19.5 Å². The predicted octanol–water partition coefficient (Wildman–Crippen LogP) is 1.41. The molecule has 0 radical (unpaired) electrons. The molecule has 2 aliphatic rings. The third kappa shape index (κ3) is 3.14. The molecule has 0 aliphatic carbocycles. The van der Waals surface area contributed by atoms with Gasteiger partial charge in [0.05, 0.1) is 24.9 Å². The number of thiazole rings is 1. The molecular formula is C16H16N4O4S. The highest BCUT2D eigenvalue weighted by Crippen LogP contribution is 2.34. The minimum atomic E-state index is -0.608. The van der Waals surface area contributed by atoms with Crippen LogP contribution in [0.2, 0.25) is 0 Å². The molecule has 2 aromatic heterocycles. The SMILES string of the molecule is O=C(NCc1ccco1)C1=NO[C@]2(CCN(C(=O)c3cscn3)C2)C1. The number of nitrogens with one attached hydrogen (secondary N) is 1. The molecule has 0 aromatic carbocycles. The molecule has 2 aromatic rings. The fourth-order valence-corrected chi connectivity index (χ4v) is 3.57. The second kappa shape index (κ2) is 6.32. The van der Waals surface area contributed by atoms with Crippen LogP contribution in [-0.2, 0) is 16.2 Å². The molecule has 130 valence electrons. The molecule has 8 nitrogen and oxygen atoms in total. The van der Waals surface area contributed by atoms with Crippen LogP contribution >= 0.6 is 11.3 Å². The Kier molecular flexibility index (Phi) is 4.00. The van der Waals surface area contributed by atoms with Crippen LogP contribution in [0.3, 0.4) is 0 Å². The van der Waals surface area contributed by atoms with Gasteiger partial charge in [-0.25, -0.2) is 4.98 Å². The lowest BCUT2D eigenvalue weighted by atomic mass is 9.96. The molecule has 1 spiro atoms. The molecule has 25 heavy (non-hydrogen) atoms. The Hall–Kier alpha value is -2.68. The summed E-state index contributed by atoms with van der Waals surface area (Å²) in [4.78, 5) is 35.9. The largest absolute Gasteiger partial charge is 0.467 e. The quantitative estimate of drug-likeness (QED) is 0.889. The highest BCUT2D eigenvalue weighted by molar-refractivity contribution is 7.07. The summed E-state index contributed by atoms with van der Waals surface area (Å²) in [6, 6.07) is 3.55. The van der Waals surface area contributed by atoms with E-state index in [-0.39, 0.29) is 11.8 Å². The summed E-state index contributed by atoms with van der Waals surface area (Å²) in [5, 5.41) is 8.44. The van der Waals surface area contributed by atoms with Crippen molar-refractivity contribution >= 4 is 28.9 Å². The third-order valence-corrected chi connectivity index (χ3v) is 4.95. The molecule has 2 aliphatic heterocycles. The normalized spacial score (nSPS) is 22.1. The molecule has 0 saturated carbocycles. The average molecular weight is 360 g/mol. The number of hydrogen-bond acceptors (Lipinski definition) is 7. The van der Waals surface area contributed by atoms with E-state index in [1.807, 2.05) is 0 Å². The zero-order valence-electron chi connectivity index (χ0n) is 13.3. The Balaban J connectivity index is 1.33. The van der Waals surface area contributed by atoms with E-state index >= 15 is 0 Å². The first-order valence-corrected chi connectivity index (χ1v) is 8.83. The van der Waals surface area contributed by atoms with Crippen molar-refractivity contribution in [2.24, 2.45) is 5.16 Å². The molecule has 0 unspecified atom stereocenters. The fourth-order valence-electron chi connectivity index (χ4n) is 3.04. The number of hydrogen-bond donors (Lipinski definition) is 1. The van der Waals surface area contributed by atoms with Gasteiger partial charge in [0.15, 0.2) is 5.60 Å². The van der Waals surface area contributed by atoms with E-state index in [2.05, 4.69) is 15.5 Å². The van der Waals surface area contributed by atoms with Crippen molar-refractivity contribution in [2.75, 3.05) is 13.1 Å². The van der Waals surface area contributed by atoms with Crippen molar-refractivity contribution in [1.82, 2.24) is 15.2 Å². The van der Waals surface area contributed by atoms with Crippen LogP contribution in [0, 0.1) is 0 Å². The average Bonchev–Trinajstić information content (AvgIpc) is 3.41. The first kappa shape index (κ1) is 15.8. The number of amides is 2. The Morgan fingerprint density at radius 3 is 3.12 bits per heavy atom. The van der Waals surface area contributed by atoms with Gasteiger partial charge in [-0.1, -0.05) is 5.16 Å². The summed E-state index contributed by atoms with van der Waals surface area (Å²) >= 11 is 1.39. The van der Waals surface area contributed by atoms with E-state index in [9.17, 15) is 9.59 Å². The second-order valence-electron chi connectivity index (χ2n) is 6.10. The van der Waals surface area contributed by atoms with Gasteiger partial charge in [-0.2, -0.15) is 0 Å². The lowest BCUT2D eigenvalue weighted by molar-refractivity contribution is -0.115. The van der Waals surface area contributed by atoms with Crippen molar-refractivity contribution in [3.05, 3.63) is 40.7 Å². The maximum absolute atomic E-state index is 12.4. The van der Waals surface area contributed by atoms with Crippen molar-refractivity contribution in [1.29, 1.82) is 0 Å². The highest BCUT2D eigenvalue weighted by Gasteiger charge is 2.48. The van der Waals surface area contributed by atoms with Crippen LogP contribution in [-0.4, -0.2) is 46.1 Å². The summed E-state index contributed by atoms with van der Waals surface area (Å²) < 4.78 is 5.18. The molecule has 2 amide bonds. The van der Waals surface area contributed by atoms with Crippen LogP contribution < -0.4 is 5.32 Å². The van der Waals surface area contributed by atoms with E-state index in [1.165, 1.54) is 11.3 Å². The smallest absolute Gasteiger partial charge is 0.273 e. The topological polar surface area (TPSA) is 97.0 Å². The van der Waals surface area contributed by atoms with Crippen LogP contribution in [0.4, 0.5) is 0 Å². The van der Waals surface area contributed by atoms with Crippen LogP contribution in [0.1, 0.15) is 29.1 Å². The van der Waals surface area contributed by atoms with Crippen molar-refractivity contribution < 1.29 is 18.8 Å². The summed E-state index contributed by atoms with van der Waals surface area (Å²) in [7, 11) is 0. The number of furan rings is 1. The van der Waals surface area contributed by atoms with Gasteiger partial charge in [-0.3, -0.25) is 9.59 Å². The van der Waals surface area contributed by atoms with Crippen molar-refractivity contribution in [3.8, 4) is 0 Å². The number of carbonyl (C=O) groups is 2. The molecule has 1 fully saturated rings. The lowest BCUT2D eigenvalue weighted by Gasteiger charge is -2.21. The standard InChI is InChI=1S/C16H16N4O4S/c21-14(17-7-11-2-1-5-23-11)12-6-16(24-19-12)3-4-20(9-16)15(22)13-8-25-10-18-13/h1-2,5,8,10H,3-4,6-7,9H2,(H,17,21)/t16-/m1/s1. The van der Waals surface area contributed by atoms with Gasteiger partial charge in [0, 0.05) is 24.8 Å². The predicted molar refractivity (Wildman–Crippen MR) is 89.1 cm³/mol. The molecule has 1 N–H and O–H groups in total. The van der Waals surface area contributed by atoms with Gasteiger partial charge in [-0.15, -0.1) is 11.3 Å². The number of oxime groups is 1. The number of likely N-dealkylation sites (tertiary alicyclic amines) is 1. The molecular weight excluding hydrogens is 344 g/mol. The van der Waals surface area contributed by atoms with Gasteiger partial charge >= 0.3 is 0 Å². The molecule has 0 bridgehead atoms. The number of carbonyl (C=O) groups excluding carboxylic acids is 2. The van der Waals surface area contributed by atoms with Crippen molar-refractivity contribution in [3.63, 3.8) is 0 Å². The van der Waals surface area contributed by atoms with Crippen LogP contribution in [0.25, 0.3) is 0 Å². The maximum Gasteiger partial charge on any atom is 0.273 e. The Labute approximate surface area is 147 Å². The zero-order valence-corrected chi connectivity index (χ0v) is 14.1. The minimum absolute atomic E-state index is 0.113. The zero-order chi connectivity index (χ0) is 17.3. The van der Waals surface area contributed by atoms with E-state index in [0.29, 0.717) is 49.6 Å². The lowest BCUT2D eigenvalue weighted by Crippen LogP contribution is -2.38. The van der Waals surface area contributed by atoms with Crippen LogP contribution in [0.5, 0.6) is 0 Å². The second-order valence-corrected chi connectivity index (χ2v) is 6.82. The summed E-state index contributed by atoms with van der Waals surface area (Å²) in [5.74, 6) is 0.276. The van der Waals surface area contributed by atoms with E-state index < -0.39 is 5.60 Å². The van der Waals surface area contributed by atoms with Gasteiger partial charge in [0.1, 0.15) is 17.2 Å². The van der Waals surface area contributed by atoms with E-state index in [0.717, 1.165) is 0 Å². The van der Waals surface area contributed by atoms with E-state index in [1.54, 1.807) is 34.2 Å². The van der Waals surface area contributed by atoms with Gasteiger partial charge in [-0.05, 0) is 12.1 Å². The van der Waals surface area contributed by atoms with Gasteiger partial charge in [0.2, 0.25) is 0 Å². The number of nitrogens with zero attached hydrogens (tertiary/aromatic N) is 3. The fraction of sp³-hybridized carbons (Fsp3) is 0.375. The van der Waals surface area contributed by atoms with Gasteiger partial charge in [0.25, 0.3) is 11.8 Å². The highest BCUT2D eigenvalue weighted by atomic mass is 32.1. The Bertz CT molecular complexity index is 802. The van der Waals surface area contributed by atoms with Crippen molar-refractivity contribution in [2.45, 2.75) is 25.0 Å². The summed E-state index contributed by atoms with van der Waals surface area (Å²) in [5.41, 5.74) is 1.81. The number of rotatable bonds is 4. The Morgan fingerprint density at radius 1 is 1.44 bits per heavy atom. The molecule has 4 rings (SSSR count).